The maximum atomic E-state index is 14.0. The topological polar surface area (TPSA) is 54.7 Å². The summed E-state index contributed by atoms with van der Waals surface area (Å²) in [5.41, 5.74) is 1.81. The molecule has 1 fully saturated rings. The van der Waals surface area contributed by atoms with Gasteiger partial charge in [-0.15, -0.1) is 11.3 Å². The molecule has 1 aliphatic rings. The van der Waals surface area contributed by atoms with Crippen LogP contribution in [0, 0.1) is 12.7 Å². The fourth-order valence-corrected chi connectivity index (χ4v) is 4.45. The van der Waals surface area contributed by atoms with E-state index in [0.717, 1.165) is 34.1 Å². The molecule has 2 aromatic heterocycles. The summed E-state index contributed by atoms with van der Waals surface area (Å²) >= 11 is 1.51. The van der Waals surface area contributed by atoms with E-state index < -0.39 is 0 Å². The fraction of sp³-hybridized carbons (Fsp3) is 0.286. The van der Waals surface area contributed by atoms with Gasteiger partial charge in [-0.25, -0.2) is 4.39 Å². The van der Waals surface area contributed by atoms with Crippen molar-refractivity contribution in [2.45, 2.75) is 13.0 Å². The van der Waals surface area contributed by atoms with Crippen molar-refractivity contribution < 1.29 is 18.3 Å². The predicted octanol–water partition coefficient (Wildman–Crippen LogP) is 4.46. The molecule has 1 amide bonds. The lowest BCUT2D eigenvalue weighted by atomic mass is 9.97. The molecule has 0 saturated carbocycles. The molecule has 1 aromatic carbocycles. The van der Waals surface area contributed by atoms with Crippen molar-refractivity contribution in [2.24, 2.45) is 0 Å². The van der Waals surface area contributed by atoms with Crippen LogP contribution in [-0.4, -0.2) is 37.1 Å². The highest BCUT2D eigenvalue weighted by Gasteiger charge is 2.29. The molecule has 7 heteroatoms. The van der Waals surface area contributed by atoms with E-state index in [4.69, 9.17) is 9.15 Å². The molecule has 0 bridgehead atoms. The van der Waals surface area contributed by atoms with Crippen molar-refractivity contribution in [1.82, 2.24) is 4.90 Å². The van der Waals surface area contributed by atoms with Crippen LogP contribution in [0.3, 0.4) is 0 Å². The van der Waals surface area contributed by atoms with E-state index in [9.17, 15) is 9.18 Å². The third kappa shape index (κ3) is 4.01. The molecule has 3 heterocycles. The van der Waals surface area contributed by atoms with E-state index in [1.165, 1.54) is 23.7 Å². The lowest BCUT2D eigenvalue weighted by molar-refractivity contribution is 0.0241. The Morgan fingerprint density at radius 2 is 2.04 bits per heavy atom. The zero-order valence-corrected chi connectivity index (χ0v) is 16.3. The molecule has 1 saturated heterocycles. The first-order valence-corrected chi connectivity index (χ1v) is 9.96. The summed E-state index contributed by atoms with van der Waals surface area (Å²) in [6, 6.07) is 11.8. The molecule has 4 rings (SSSR count). The number of morpholine rings is 1. The molecule has 3 aromatic rings. The van der Waals surface area contributed by atoms with Gasteiger partial charge in [-0.2, -0.15) is 0 Å². The third-order valence-corrected chi connectivity index (χ3v) is 5.71. The number of rotatable bonds is 5. The molecule has 1 N–H and O–H groups in total. The summed E-state index contributed by atoms with van der Waals surface area (Å²) in [4.78, 5) is 15.9. The zero-order valence-electron chi connectivity index (χ0n) is 15.5. The number of nitrogens with one attached hydrogen (secondary N) is 1. The minimum absolute atomic E-state index is 0.170. The molecule has 5 nitrogen and oxygen atoms in total. The maximum Gasteiger partial charge on any atom is 0.291 e. The molecule has 28 heavy (non-hydrogen) atoms. The average molecular weight is 400 g/mol. The Kier molecular flexibility index (Phi) is 5.57. The first kappa shape index (κ1) is 18.9. The third-order valence-electron chi connectivity index (χ3n) is 4.73. The second kappa shape index (κ2) is 8.26. The Balaban J connectivity index is 1.72. The predicted molar refractivity (Wildman–Crippen MR) is 106 cm³/mol. The normalized spacial score (nSPS) is 16.1. The molecule has 146 valence electrons. The van der Waals surface area contributed by atoms with Gasteiger partial charge in [0, 0.05) is 23.5 Å². The van der Waals surface area contributed by atoms with Crippen LogP contribution in [0.25, 0.3) is 0 Å². The van der Waals surface area contributed by atoms with Crippen LogP contribution in [0.15, 0.2) is 53.1 Å². The average Bonchev–Trinajstić information content (AvgIpc) is 3.34. The van der Waals surface area contributed by atoms with Gasteiger partial charge >= 0.3 is 0 Å². The molecule has 0 aliphatic carbocycles. The van der Waals surface area contributed by atoms with Crippen molar-refractivity contribution in [3.63, 3.8) is 0 Å². The molecule has 1 atom stereocenters. The number of ether oxygens (including phenoxy) is 1. The van der Waals surface area contributed by atoms with Crippen LogP contribution in [0.5, 0.6) is 0 Å². The second-order valence-electron chi connectivity index (χ2n) is 6.68. The number of furan rings is 1. The van der Waals surface area contributed by atoms with Gasteiger partial charge < -0.3 is 14.5 Å². The Labute approximate surface area is 166 Å². The fourth-order valence-electron chi connectivity index (χ4n) is 3.51. The number of carbonyl (C=O) groups excluding carboxylic acids is 1. The molecule has 0 spiro atoms. The quantitative estimate of drug-likeness (QED) is 0.687. The summed E-state index contributed by atoms with van der Waals surface area (Å²) in [5.74, 6) is -0.317. The highest BCUT2D eigenvalue weighted by Crippen LogP contribution is 2.39. The minimum Gasteiger partial charge on any atom is -0.459 e. The van der Waals surface area contributed by atoms with Crippen molar-refractivity contribution in [2.75, 3.05) is 31.6 Å². The maximum absolute atomic E-state index is 14.0. The zero-order chi connectivity index (χ0) is 19.5. The van der Waals surface area contributed by atoms with Gasteiger partial charge in [0.05, 0.1) is 25.5 Å². The molecule has 1 aliphatic heterocycles. The summed E-state index contributed by atoms with van der Waals surface area (Å²) in [6.07, 6.45) is 1.47. The monoisotopic (exact) mass is 400 g/mol. The number of thiophene rings is 1. The van der Waals surface area contributed by atoms with Crippen LogP contribution in [0.2, 0.25) is 0 Å². The Bertz CT molecular complexity index is 948. The lowest BCUT2D eigenvalue weighted by Gasteiger charge is -2.35. The smallest absolute Gasteiger partial charge is 0.291 e. The highest BCUT2D eigenvalue weighted by molar-refractivity contribution is 7.16. The summed E-state index contributed by atoms with van der Waals surface area (Å²) < 4.78 is 24.7. The Morgan fingerprint density at radius 1 is 1.21 bits per heavy atom. The number of nitrogens with zero attached hydrogens (tertiary/aromatic N) is 1. The van der Waals surface area contributed by atoms with Gasteiger partial charge in [0.2, 0.25) is 0 Å². The largest absolute Gasteiger partial charge is 0.459 e. The van der Waals surface area contributed by atoms with Crippen LogP contribution in [0.1, 0.15) is 32.6 Å². The lowest BCUT2D eigenvalue weighted by Crippen LogP contribution is -2.39. The molecule has 0 radical (unpaired) electrons. The van der Waals surface area contributed by atoms with E-state index >= 15 is 0 Å². The van der Waals surface area contributed by atoms with Crippen LogP contribution < -0.4 is 5.32 Å². The number of carbonyl (C=O) groups is 1. The van der Waals surface area contributed by atoms with E-state index in [-0.39, 0.29) is 23.5 Å². The van der Waals surface area contributed by atoms with Crippen molar-refractivity contribution in [3.05, 3.63) is 76.3 Å². The van der Waals surface area contributed by atoms with Crippen molar-refractivity contribution >= 4 is 22.2 Å². The number of benzene rings is 1. The van der Waals surface area contributed by atoms with Crippen molar-refractivity contribution in [1.29, 1.82) is 0 Å². The molecular weight excluding hydrogens is 379 g/mol. The van der Waals surface area contributed by atoms with Gasteiger partial charge in [-0.1, -0.05) is 12.1 Å². The van der Waals surface area contributed by atoms with Crippen molar-refractivity contribution in [3.8, 4) is 0 Å². The Hall–Kier alpha value is -2.48. The van der Waals surface area contributed by atoms with Gasteiger partial charge in [0.15, 0.2) is 5.76 Å². The van der Waals surface area contributed by atoms with E-state index in [2.05, 4.69) is 16.3 Å². The summed E-state index contributed by atoms with van der Waals surface area (Å²) in [6.45, 7) is 4.73. The van der Waals surface area contributed by atoms with Gasteiger partial charge in [-0.3, -0.25) is 9.69 Å². The van der Waals surface area contributed by atoms with E-state index in [1.54, 1.807) is 24.3 Å². The number of hydrogen-bond donors (Lipinski definition) is 1. The SMILES string of the molecule is Cc1cc(C(c2cccc(F)c2)N2CCOCC2)c(NC(=O)c2ccco2)s1. The number of aryl methyl sites for hydroxylation is 1. The van der Waals surface area contributed by atoms with E-state index in [0.29, 0.717) is 13.2 Å². The minimum atomic E-state index is -0.298. The standard InChI is InChI=1S/C21H21FN2O3S/c1-14-12-17(21(28-14)23-20(25)18-6-3-9-27-18)19(24-7-10-26-11-8-24)15-4-2-5-16(22)13-15/h2-6,9,12-13,19H,7-8,10-11H2,1H3,(H,23,25). The van der Waals surface area contributed by atoms with Crippen LogP contribution >= 0.6 is 11.3 Å². The first-order valence-electron chi connectivity index (χ1n) is 9.14. The van der Waals surface area contributed by atoms with Gasteiger partial charge in [0.25, 0.3) is 5.91 Å². The number of hydrogen-bond acceptors (Lipinski definition) is 5. The van der Waals surface area contributed by atoms with Crippen LogP contribution in [-0.2, 0) is 4.74 Å². The van der Waals surface area contributed by atoms with Gasteiger partial charge in [-0.05, 0) is 42.8 Å². The summed E-state index contributed by atoms with van der Waals surface area (Å²) in [5, 5.41) is 3.72. The molecular formula is C21H21FN2O3S. The Morgan fingerprint density at radius 3 is 2.75 bits per heavy atom. The number of amides is 1. The molecule has 1 unspecified atom stereocenters. The van der Waals surface area contributed by atoms with E-state index in [1.807, 2.05) is 13.0 Å². The number of anilines is 1. The highest BCUT2D eigenvalue weighted by atomic mass is 32.1. The summed E-state index contributed by atoms with van der Waals surface area (Å²) in [7, 11) is 0. The van der Waals surface area contributed by atoms with Gasteiger partial charge in [0.1, 0.15) is 10.8 Å². The number of halogens is 1. The first-order chi connectivity index (χ1) is 13.6. The van der Waals surface area contributed by atoms with Crippen LogP contribution in [0.4, 0.5) is 9.39 Å². The second-order valence-corrected chi connectivity index (χ2v) is 7.94.